The molecule has 1 heterocycles. The molecule has 1 saturated heterocycles. The first-order chi connectivity index (χ1) is 11.5. The number of hydrogen-bond donors (Lipinski definition) is 0. The Labute approximate surface area is 148 Å². The lowest BCUT2D eigenvalue weighted by atomic mass is 10.3. The van der Waals surface area contributed by atoms with Gasteiger partial charge in [0.05, 0.1) is 0 Å². The van der Waals surface area contributed by atoms with Crippen LogP contribution in [0.3, 0.4) is 0 Å². The highest BCUT2D eigenvalue weighted by atomic mass is 79.9. The average molecular weight is 399 g/mol. The Kier molecular flexibility index (Phi) is 6.60. The van der Waals surface area contributed by atoms with Crippen molar-refractivity contribution in [2.45, 2.75) is 6.92 Å². The van der Waals surface area contributed by atoms with Crippen LogP contribution in [-0.4, -0.2) is 67.0 Å². The van der Waals surface area contributed by atoms with E-state index in [1.807, 2.05) is 6.07 Å². The Morgan fingerprint density at radius 1 is 1.08 bits per heavy atom. The molecule has 0 bridgehead atoms. The van der Waals surface area contributed by atoms with Crippen LogP contribution in [0.2, 0.25) is 0 Å². The zero-order valence-electron chi connectivity index (χ0n) is 13.4. The summed E-state index contributed by atoms with van der Waals surface area (Å²) in [5, 5.41) is 0. The van der Waals surface area contributed by atoms with Crippen molar-refractivity contribution in [3.63, 3.8) is 0 Å². The molecule has 2 rings (SSSR count). The number of hydrogen-bond acceptors (Lipinski definition) is 5. The van der Waals surface area contributed by atoms with Gasteiger partial charge in [-0.25, -0.2) is 4.79 Å². The molecule has 0 N–H and O–H groups in total. The first-order valence-corrected chi connectivity index (χ1v) is 8.32. The quantitative estimate of drug-likeness (QED) is 0.693. The van der Waals surface area contributed by atoms with Crippen LogP contribution in [0.15, 0.2) is 28.7 Å². The molecule has 0 aliphatic carbocycles. The summed E-state index contributed by atoms with van der Waals surface area (Å²) < 4.78 is 11.1. The smallest absolute Gasteiger partial charge is 0.344 e. The van der Waals surface area contributed by atoms with Gasteiger partial charge in [-0.15, -0.1) is 0 Å². The van der Waals surface area contributed by atoms with Crippen LogP contribution in [0.5, 0.6) is 5.75 Å². The molecule has 0 spiro atoms. The molecule has 1 fully saturated rings. The Morgan fingerprint density at radius 2 is 1.75 bits per heavy atom. The minimum absolute atomic E-state index is 0.00164. The summed E-state index contributed by atoms with van der Waals surface area (Å²) in [4.78, 5) is 38.1. The highest BCUT2D eigenvalue weighted by molar-refractivity contribution is 9.10. The van der Waals surface area contributed by atoms with Gasteiger partial charge >= 0.3 is 5.97 Å². The van der Waals surface area contributed by atoms with Crippen LogP contribution in [0.4, 0.5) is 0 Å². The lowest BCUT2D eigenvalue weighted by Gasteiger charge is -2.34. The largest absolute Gasteiger partial charge is 0.482 e. The van der Waals surface area contributed by atoms with E-state index >= 15 is 0 Å². The number of amides is 2. The van der Waals surface area contributed by atoms with Crippen LogP contribution >= 0.6 is 15.9 Å². The molecule has 1 aliphatic heterocycles. The van der Waals surface area contributed by atoms with Crippen LogP contribution < -0.4 is 4.74 Å². The molecule has 130 valence electrons. The van der Waals surface area contributed by atoms with Gasteiger partial charge in [-0.1, -0.05) is 22.0 Å². The highest BCUT2D eigenvalue weighted by Gasteiger charge is 2.23. The zero-order valence-corrected chi connectivity index (χ0v) is 15.0. The standard InChI is InChI=1S/C16H19BrN2O5/c1-12(20)18-5-7-19(8-6-18)15(21)10-24-16(22)11-23-14-4-2-3-13(17)9-14/h2-4,9H,5-8,10-11H2,1H3. The van der Waals surface area contributed by atoms with E-state index in [2.05, 4.69) is 15.9 Å². The van der Waals surface area contributed by atoms with Crippen molar-refractivity contribution in [3.05, 3.63) is 28.7 Å². The van der Waals surface area contributed by atoms with Crippen molar-refractivity contribution in [1.82, 2.24) is 9.80 Å². The molecule has 7 nitrogen and oxygen atoms in total. The van der Waals surface area contributed by atoms with E-state index in [0.717, 1.165) is 4.47 Å². The number of rotatable bonds is 5. The maximum absolute atomic E-state index is 12.0. The van der Waals surface area contributed by atoms with Gasteiger partial charge in [0.2, 0.25) is 5.91 Å². The van der Waals surface area contributed by atoms with E-state index in [1.54, 1.807) is 28.0 Å². The number of nitrogens with zero attached hydrogens (tertiary/aromatic N) is 2. The fourth-order valence-electron chi connectivity index (χ4n) is 2.24. The monoisotopic (exact) mass is 398 g/mol. The van der Waals surface area contributed by atoms with Crippen molar-refractivity contribution < 1.29 is 23.9 Å². The Hall–Kier alpha value is -2.09. The summed E-state index contributed by atoms with van der Waals surface area (Å²) in [6, 6.07) is 7.08. The molecule has 0 saturated carbocycles. The summed E-state index contributed by atoms with van der Waals surface area (Å²) in [6.45, 7) is 2.82. The molecule has 1 aliphatic rings. The summed E-state index contributed by atoms with van der Waals surface area (Å²) in [6.07, 6.45) is 0. The number of benzene rings is 1. The summed E-state index contributed by atoms with van der Waals surface area (Å²) in [5.41, 5.74) is 0. The minimum atomic E-state index is -0.606. The fourth-order valence-corrected chi connectivity index (χ4v) is 2.62. The van der Waals surface area contributed by atoms with Gasteiger partial charge in [-0.05, 0) is 18.2 Å². The lowest BCUT2D eigenvalue weighted by Crippen LogP contribution is -2.51. The summed E-state index contributed by atoms with van der Waals surface area (Å²) >= 11 is 3.31. The second-order valence-electron chi connectivity index (χ2n) is 5.29. The lowest BCUT2D eigenvalue weighted by molar-refractivity contribution is -0.154. The number of halogens is 1. The number of piperazine rings is 1. The topological polar surface area (TPSA) is 76.2 Å². The molecule has 0 radical (unpaired) electrons. The second-order valence-corrected chi connectivity index (χ2v) is 6.21. The first kappa shape index (κ1) is 18.3. The molecule has 24 heavy (non-hydrogen) atoms. The third kappa shape index (κ3) is 5.52. The predicted molar refractivity (Wildman–Crippen MR) is 89.4 cm³/mol. The molecule has 2 amide bonds. The van der Waals surface area contributed by atoms with Gasteiger partial charge in [0.25, 0.3) is 5.91 Å². The Balaban J connectivity index is 1.68. The van der Waals surface area contributed by atoms with Crippen LogP contribution in [0.1, 0.15) is 6.92 Å². The van der Waals surface area contributed by atoms with Crippen LogP contribution in [-0.2, 0) is 19.1 Å². The Bertz CT molecular complexity index is 614. The van der Waals surface area contributed by atoms with Crippen molar-refractivity contribution in [2.75, 3.05) is 39.4 Å². The van der Waals surface area contributed by atoms with Gasteiger partial charge in [0.15, 0.2) is 13.2 Å². The third-order valence-electron chi connectivity index (χ3n) is 3.59. The number of esters is 1. The zero-order chi connectivity index (χ0) is 17.5. The molecule has 0 aromatic heterocycles. The number of carbonyl (C=O) groups excluding carboxylic acids is 3. The molecule has 1 aromatic rings. The SMILES string of the molecule is CC(=O)N1CCN(C(=O)COC(=O)COc2cccc(Br)c2)CC1. The number of carbonyl (C=O) groups is 3. The van der Waals surface area contributed by atoms with Crippen molar-refractivity contribution in [2.24, 2.45) is 0 Å². The number of ether oxygens (including phenoxy) is 2. The molecule has 0 atom stereocenters. The fraction of sp³-hybridized carbons (Fsp3) is 0.438. The van der Waals surface area contributed by atoms with E-state index < -0.39 is 5.97 Å². The van der Waals surface area contributed by atoms with Crippen molar-refractivity contribution >= 4 is 33.7 Å². The predicted octanol–water partition coefficient (Wildman–Crippen LogP) is 1.06. The summed E-state index contributed by atoms with van der Waals surface area (Å²) in [5.74, 6) is -0.342. The van der Waals surface area contributed by atoms with Crippen molar-refractivity contribution in [1.29, 1.82) is 0 Å². The molecule has 0 unspecified atom stereocenters. The normalized spacial score (nSPS) is 14.2. The van der Waals surface area contributed by atoms with Gasteiger partial charge in [0.1, 0.15) is 5.75 Å². The highest BCUT2D eigenvalue weighted by Crippen LogP contribution is 2.17. The molecular formula is C16H19BrN2O5. The Morgan fingerprint density at radius 3 is 2.38 bits per heavy atom. The van der Waals surface area contributed by atoms with E-state index in [9.17, 15) is 14.4 Å². The first-order valence-electron chi connectivity index (χ1n) is 7.53. The van der Waals surface area contributed by atoms with Gasteiger partial charge in [-0.3, -0.25) is 9.59 Å². The second kappa shape index (κ2) is 8.68. The van der Waals surface area contributed by atoms with Gasteiger partial charge < -0.3 is 19.3 Å². The van der Waals surface area contributed by atoms with Crippen molar-refractivity contribution in [3.8, 4) is 5.75 Å². The van der Waals surface area contributed by atoms with Gasteiger partial charge in [-0.2, -0.15) is 0 Å². The molecular weight excluding hydrogens is 380 g/mol. The summed E-state index contributed by atoms with van der Waals surface area (Å²) in [7, 11) is 0. The molecule has 1 aromatic carbocycles. The van der Waals surface area contributed by atoms with E-state index in [-0.39, 0.29) is 25.0 Å². The molecule has 8 heteroatoms. The third-order valence-corrected chi connectivity index (χ3v) is 4.08. The van der Waals surface area contributed by atoms with Gasteiger partial charge in [0, 0.05) is 37.6 Å². The maximum Gasteiger partial charge on any atom is 0.344 e. The minimum Gasteiger partial charge on any atom is -0.482 e. The van der Waals surface area contributed by atoms with E-state index in [1.165, 1.54) is 6.92 Å². The van der Waals surface area contributed by atoms with Crippen LogP contribution in [0.25, 0.3) is 0 Å². The average Bonchev–Trinajstić information content (AvgIpc) is 2.58. The maximum atomic E-state index is 12.0. The van der Waals surface area contributed by atoms with Crippen LogP contribution in [0, 0.1) is 0 Å². The van der Waals surface area contributed by atoms with E-state index in [0.29, 0.717) is 31.9 Å². The van der Waals surface area contributed by atoms with E-state index in [4.69, 9.17) is 9.47 Å².